The first-order valence-electron chi connectivity index (χ1n) is 5.14. The SMILES string of the molecule is N[C@@H](C(=O)Nc1cncnc1)c1ccccc1. The van der Waals surface area contributed by atoms with Gasteiger partial charge in [-0.05, 0) is 5.56 Å². The predicted molar refractivity (Wildman–Crippen MR) is 64.0 cm³/mol. The zero-order valence-electron chi connectivity index (χ0n) is 9.08. The van der Waals surface area contributed by atoms with E-state index in [0.29, 0.717) is 5.69 Å². The van der Waals surface area contributed by atoms with Gasteiger partial charge in [0.2, 0.25) is 5.91 Å². The Morgan fingerprint density at radius 2 is 1.82 bits per heavy atom. The van der Waals surface area contributed by atoms with Gasteiger partial charge in [0, 0.05) is 0 Å². The maximum Gasteiger partial charge on any atom is 0.245 e. The third kappa shape index (κ3) is 2.85. The molecule has 0 saturated heterocycles. The molecule has 1 heterocycles. The molecule has 0 unspecified atom stereocenters. The van der Waals surface area contributed by atoms with Crippen LogP contribution in [0, 0.1) is 0 Å². The van der Waals surface area contributed by atoms with Crippen molar-refractivity contribution in [3.63, 3.8) is 0 Å². The van der Waals surface area contributed by atoms with E-state index in [1.807, 2.05) is 30.3 Å². The van der Waals surface area contributed by atoms with Gasteiger partial charge in [-0.25, -0.2) is 9.97 Å². The Hall–Kier alpha value is -2.27. The highest BCUT2D eigenvalue weighted by atomic mass is 16.2. The Balaban J connectivity index is 2.06. The molecule has 0 fully saturated rings. The van der Waals surface area contributed by atoms with Crippen molar-refractivity contribution in [3.8, 4) is 0 Å². The molecule has 0 radical (unpaired) electrons. The zero-order chi connectivity index (χ0) is 12.1. The maximum absolute atomic E-state index is 11.8. The summed E-state index contributed by atoms with van der Waals surface area (Å²) in [5.41, 5.74) is 7.13. The van der Waals surface area contributed by atoms with Crippen LogP contribution < -0.4 is 11.1 Å². The molecule has 1 amide bonds. The number of aromatic nitrogens is 2. The Bertz CT molecular complexity index is 486. The summed E-state index contributed by atoms with van der Waals surface area (Å²) in [6, 6.07) is 8.48. The van der Waals surface area contributed by atoms with Gasteiger partial charge in [0.1, 0.15) is 12.4 Å². The summed E-state index contributed by atoms with van der Waals surface area (Å²) in [6.07, 6.45) is 4.43. The number of nitrogens with one attached hydrogen (secondary N) is 1. The van der Waals surface area contributed by atoms with Crippen molar-refractivity contribution in [2.45, 2.75) is 6.04 Å². The quantitative estimate of drug-likeness (QED) is 0.824. The normalized spacial score (nSPS) is 11.8. The molecular formula is C12H12N4O. The van der Waals surface area contributed by atoms with E-state index in [0.717, 1.165) is 5.56 Å². The minimum atomic E-state index is -0.698. The lowest BCUT2D eigenvalue weighted by atomic mass is 10.1. The third-order valence-corrected chi connectivity index (χ3v) is 2.27. The van der Waals surface area contributed by atoms with Crippen molar-refractivity contribution in [1.29, 1.82) is 0 Å². The molecule has 5 nitrogen and oxygen atoms in total. The van der Waals surface area contributed by atoms with E-state index in [-0.39, 0.29) is 5.91 Å². The van der Waals surface area contributed by atoms with Crippen molar-refractivity contribution in [2.24, 2.45) is 5.73 Å². The number of carbonyl (C=O) groups is 1. The van der Waals surface area contributed by atoms with Gasteiger partial charge in [0.15, 0.2) is 0 Å². The molecule has 0 aliphatic heterocycles. The molecule has 86 valence electrons. The van der Waals surface area contributed by atoms with Crippen LogP contribution in [0.15, 0.2) is 49.1 Å². The maximum atomic E-state index is 11.8. The first-order valence-corrected chi connectivity index (χ1v) is 5.14. The monoisotopic (exact) mass is 228 g/mol. The minimum absolute atomic E-state index is 0.286. The summed E-state index contributed by atoms with van der Waals surface area (Å²) >= 11 is 0. The lowest BCUT2D eigenvalue weighted by Gasteiger charge is -2.11. The fourth-order valence-electron chi connectivity index (χ4n) is 1.40. The van der Waals surface area contributed by atoms with Gasteiger partial charge in [0.05, 0.1) is 18.1 Å². The second-order valence-electron chi connectivity index (χ2n) is 3.50. The number of amides is 1. The Morgan fingerprint density at radius 3 is 2.47 bits per heavy atom. The first kappa shape index (κ1) is 11.2. The fourth-order valence-corrected chi connectivity index (χ4v) is 1.40. The van der Waals surface area contributed by atoms with E-state index < -0.39 is 6.04 Å². The number of anilines is 1. The van der Waals surface area contributed by atoms with Crippen LogP contribution in [0.1, 0.15) is 11.6 Å². The van der Waals surface area contributed by atoms with Crippen LogP contribution in [-0.4, -0.2) is 15.9 Å². The molecule has 0 spiro atoms. The second kappa shape index (κ2) is 5.18. The fraction of sp³-hybridized carbons (Fsp3) is 0.0833. The number of carbonyl (C=O) groups excluding carboxylic acids is 1. The van der Waals surface area contributed by atoms with Crippen LogP contribution in [-0.2, 0) is 4.79 Å². The highest BCUT2D eigenvalue weighted by Crippen LogP contribution is 2.12. The molecule has 0 aliphatic rings. The summed E-state index contributed by atoms with van der Waals surface area (Å²) in [4.78, 5) is 19.4. The van der Waals surface area contributed by atoms with Crippen LogP contribution in [0.2, 0.25) is 0 Å². The standard InChI is InChI=1S/C12H12N4O/c13-11(9-4-2-1-3-5-9)12(17)16-10-6-14-8-15-7-10/h1-8,11H,13H2,(H,16,17)/t11-/m1/s1. The van der Waals surface area contributed by atoms with Crippen LogP contribution in [0.5, 0.6) is 0 Å². The van der Waals surface area contributed by atoms with Crippen LogP contribution in [0.3, 0.4) is 0 Å². The number of hydrogen-bond acceptors (Lipinski definition) is 4. The number of benzene rings is 1. The average Bonchev–Trinajstić information content (AvgIpc) is 2.40. The predicted octanol–water partition coefficient (Wildman–Crippen LogP) is 1.12. The average molecular weight is 228 g/mol. The van der Waals surface area contributed by atoms with Gasteiger partial charge in [-0.15, -0.1) is 0 Å². The van der Waals surface area contributed by atoms with Gasteiger partial charge in [0.25, 0.3) is 0 Å². The second-order valence-corrected chi connectivity index (χ2v) is 3.50. The smallest absolute Gasteiger partial charge is 0.245 e. The van der Waals surface area contributed by atoms with Crippen LogP contribution in [0.4, 0.5) is 5.69 Å². The van der Waals surface area contributed by atoms with Gasteiger partial charge in [-0.2, -0.15) is 0 Å². The molecule has 1 aromatic carbocycles. The third-order valence-electron chi connectivity index (χ3n) is 2.27. The largest absolute Gasteiger partial charge is 0.322 e. The van der Waals surface area contributed by atoms with E-state index in [1.54, 1.807) is 0 Å². The molecular weight excluding hydrogens is 216 g/mol. The topological polar surface area (TPSA) is 80.9 Å². The van der Waals surface area contributed by atoms with E-state index in [2.05, 4.69) is 15.3 Å². The number of nitrogens with zero attached hydrogens (tertiary/aromatic N) is 2. The molecule has 2 aromatic rings. The summed E-state index contributed by atoms with van der Waals surface area (Å²) in [7, 11) is 0. The van der Waals surface area contributed by atoms with Gasteiger partial charge in [-0.3, -0.25) is 4.79 Å². The van der Waals surface area contributed by atoms with Crippen LogP contribution >= 0.6 is 0 Å². The van der Waals surface area contributed by atoms with E-state index >= 15 is 0 Å². The zero-order valence-corrected chi connectivity index (χ0v) is 9.08. The van der Waals surface area contributed by atoms with Gasteiger partial charge >= 0.3 is 0 Å². The van der Waals surface area contributed by atoms with E-state index in [9.17, 15) is 4.79 Å². The Kier molecular flexibility index (Phi) is 3.42. The van der Waals surface area contributed by atoms with Gasteiger partial charge < -0.3 is 11.1 Å². The number of rotatable bonds is 3. The molecule has 2 rings (SSSR count). The highest BCUT2D eigenvalue weighted by Gasteiger charge is 2.15. The van der Waals surface area contributed by atoms with Crippen molar-refractivity contribution in [1.82, 2.24) is 9.97 Å². The molecule has 17 heavy (non-hydrogen) atoms. The highest BCUT2D eigenvalue weighted by molar-refractivity contribution is 5.95. The molecule has 1 atom stereocenters. The van der Waals surface area contributed by atoms with E-state index in [4.69, 9.17) is 5.73 Å². The number of hydrogen-bond donors (Lipinski definition) is 2. The lowest BCUT2D eigenvalue weighted by molar-refractivity contribution is -0.117. The Morgan fingerprint density at radius 1 is 1.18 bits per heavy atom. The molecule has 3 N–H and O–H groups in total. The minimum Gasteiger partial charge on any atom is -0.322 e. The Labute approximate surface area is 98.7 Å². The molecule has 0 bridgehead atoms. The summed E-state index contributed by atoms with van der Waals surface area (Å²) in [5, 5.41) is 2.65. The molecule has 0 saturated carbocycles. The van der Waals surface area contributed by atoms with Crippen LogP contribution in [0.25, 0.3) is 0 Å². The molecule has 1 aromatic heterocycles. The van der Waals surface area contributed by atoms with Crippen molar-refractivity contribution >= 4 is 11.6 Å². The summed E-state index contributed by atoms with van der Waals surface area (Å²) < 4.78 is 0. The lowest BCUT2D eigenvalue weighted by Crippen LogP contribution is -2.27. The number of nitrogens with two attached hydrogens (primary N) is 1. The van der Waals surface area contributed by atoms with Crippen molar-refractivity contribution in [3.05, 3.63) is 54.6 Å². The molecule has 0 aliphatic carbocycles. The van der Waals surface area contributed by atoms with Gasteiger partial charge in [-0.1, -0.05) is 30.3 Å². The van der Waals surface area contributed by atoms with Crippen molar-refractivity contribution in [2.75, 3.05) is 5.32 Å². The summed E-state index contributed by atoms with van der Waals surface area (Å²) in [5.74, 6) is -0.286. The van der Waals surface area contributed by atoms with Crippen molar-refractivity contribution < 1.29 is 4.79 Å². The molecule has 5 heteroatoms. The first-order chi connectivity index (χ1) is 8.27. The summed E-state index contributed by atoms with van der Waals surface area (Å²) in [6.45, 7) is 0. The van der Waals surface area contributed by atoms with E-state index in [1.165, 1.54) is 18.7 Å².